The first-order chi connectivity index (χ1) is 9.00. The van der Waals surface area contributed by atoms with Crippen LogP contribution in [0.4, 0.5) is 0 Å². The van der Waals surface area contributed by atoms with Crippen LogP contribution >= 0.6 is 0 Å². The average Bonchev–Trinajstić information content (AvgIpc) is 2.94. The highest BCUT2D eigenvalue weighted by Gasteiger charge is 2.43. The molecule has 0 radical (unpaired) electrons. The van der Waals surface area contributed by atoms with Gasteiger partial charge < -0.3 is 14.7 Å². The molecular weight excluding hydrogens is 242 g/mol. The standard InChI is InChI=1S/C15H19NO3/c1-15(2)13(17)5-7-16(15)14(18)11-3-4-12-10(9-11)6-8-19-12/h3-4,9,13,17H,5-8H2,1-2H3. The van der Waals surface area contributed by atoms with Crippen molar-refractivity contribution in [2.45, 2.75) is 38.3 Å². The Morgan fingerprint density at radius 2 is 2.26 bits per heavy atom. The number of amides is 1. The molecule has 1 amide bonds. The van der Waals surface area contributed by atoms with E-state index in [1.54, 1.807) is 4.90 Å². The molecule has 0 aromatic heterocycles. The molecule has 1 unspecified atom stereocenters. The molecule has 2 heterocycles. The molecule has 1 N–H and O–H groups in total. The summed E-state index contributed by atoms with van der Waals surface area (Å²) in [5.41, 5.74) is 1.29. The monoisotopic (exact) mass is 261 g/mol. The van der Waals surface area contributed by atoms with Crippen LogP contribution in [0.1, 0.15) is 36.2 Å². The summed E-state index contributed by atoms with van der Waals surface area (Å²) in [4.78, 5) is 14.4. The summed E-state index contributed by atoms with van der Waals surface area (Å²) < 4.78 is 5.45. The van der Waals surface area contributed by atoms with Crippen LogP contribution in [0.15, 0.2) is 18.2 Å². The lowest BCUT2D eigenvalue weighted by Crippen LogP contribution is -2.48. The number of ether oxygens (including phenoxy) is 1. The number of hydrogen-bond acceptors (Lipinski definition) is 3. The summed E-state index contributed by atoms with van der Waals surface area (Å²) in [6, 6.07) is 5.60. The van der Waals surface area contributed by atoms with Gasteiger partial charge >= 0.3 is 0 Å². The maximum atomic E-state index is 12.6. The zero-order chi connectivity index (χ0) is 13.6. The van der Waals surface area contributed by atoms with Gasteiger partial charge in [-0.1, -0.05) is 0 Å². The van der Waals surface area contributed by atoms with E-state index in [2.05, 4.69) is 0 Å². The topological polar surface area (TPSA) is 49.8 Å². The van der Waals surface area contributed by atoms with E-state index in [1.165, 1.54) is 0 Å². The molecule has 0 spiro atoms. The highest BCUT2D eigenvalue weighted by molar-refractivity contribution is 5.95. The molecular formula is C15H19NO3. The highest BCUT2D eigenvalue weighted by Crippen LogP contribution is 2.32. The number of nitrogens with zero attached hydrogens (tertiary/aromatic N) is 1. The lowest BCUT2D eigenvalue weighted by Gasteiger charge is -2.33. The minimum Gasteiger partial charge on any atom is -0.493 e. The van der Waals surface area contributed by atoms with Crippen LogP contribution < -0.4 is 4.74 Å². The third-order valence-electron chi connectivity index (χ3n) is 4.32. The number of rotatable bonds is 1. The van der Waals surface area contributed by atoms with Crippen LogP contribution in [0.2, 0.25) is 0 Å². The fourth-order valence-corrected chi connectivity index (χ4v) is 2.91. The van der Waals surface area contributed by atoms with Crippen molar-refractivity contribution in [1.82, 2.24) is 4.90 Å². The zero-order valence-electron chi connectivity index (χ0n) is 11.3. The number of aliphatic hydroxyl groups is 1. The van der Waals surface area contributed by atoms with E-state index >= 15 is 0 Å². The fourth-order valence-electron chi connectivity index (χ4n) is 2.91. The van der Waals surface area contributed by atoms with Crippen LogP contribution in [0.3, 0.4) is 0 Å². The van der Waals surface area contributed by atoms with E-state index in [9.17, 15) is 9.90 Å². The SMILES string of the molecule is CC1(C)C(O)CCN1C(=O)c1ccc2c(c1)CCO2. The van der Waals surface area contributed by atoms with Crippen LogP contribution in [-0.4, -0.2) is 40.7 Å². The average molecular weight is 261 g/mol. The molecule has 1 atom stereocenters. The number of fused-ring (bicyclic) bond motifs is 1. The molecule has 0 saturated carbocycles. The van der Waals surface area contributed by atoms with Crippen molar-refractivity contribution in [3.63, 3.8) is 0 Å². The third-order valence-corrected chi connectivity index (χ3v) is 4.32. The van der Waals surface area contributed by atoms with Gasteiger partial charge in [-0.25, -0.2) is 0 Å². The molecule has 1 fully saturated rings. The van der Waals surface area contributed by atoms with Crippen LogP contribution in [0.25, 0.3) is 0 Å². The minimum absolute atomic E-state index is 0.00347. The van der Waals surface area contributed by atoms with Gasteiger partial charge in [0, 0.05) is 18.5 Å². The molecule has 0 bridgehead atoms. The molecule has 1 saturated heterocycles. The first-order valence-corrected chi connectivity index (χ1v) is 6.76. The first-order valence-electron chi connectivity index (χ1n) is 6.76. The van der Waals surface area contributed by atoms with Gasteiger partial charge in [0.05, 0.1) is 18.2 Å². The normalized spacial score (nSPS) is 24.2. The number of carbonyl (C=O) groups excluding carboxylic acids is 1. The quantitative estimate of drug-likeness (QED) is 0.835. The molecule has 2 aliphatic rings. The Morgan fingerprint density at radius 3 is 2.95 bits per heavy atom. The largest absolute Gasteiger partial charge is 0.493 e. The van der Waals surface area contributed by atoms with Crippen LogP contribution in [-0.2, 0) is 6.42 Å². The van der Waals surface area contributed by atoms with Gasteiger partial charge in [-0.15, -0.1) is 0 Å². The Kier molecular flexibility index (Phi) is 2.78. The molecule has 4 nitrogen and oxygen atoms in total. The Labute approximate surface area is 113 Å². The van der Waals surface area contributed by atoms with Crippen molar-refractivity contribution in [1.29, 1.82) is 0 Å². The summed E-state index contributed by atoms with van der Waals surface area (Å²) >= 11 is 0. The van der Waals surface area contributed by atoms with E-state index < -0.39 is 11.6 Å². The van der Waals surface area contributed by atoms with E-state index in [4.69, 9.17) is 4.74 Å². The Bertz CT molecular complexity index is 524. The first kappa shape index (κ1) is 12.5. The van der Waals surface area contributed by atoms with Gasteiger partial charge in [-0.05, 0) is 44.0 Å². The minimum atomic E-state index is -0.493. The van der Waals surface area contributed by atoms with Gasteiger partial charge in [0.25, 0.3) is 5.91 Å². The molecule has 1 aromatic carbocycles. The lowest BCUT2D eigenvalue weighted by molar-refractivity contribution is 0.0394. The van der Waals surface area contributed by atoms with E-state index in [0.717, 1.165) is 17.7 Å². The van der Waals surface area contributed by atoms with Gasteiger partial charge in [-0.3, -0.25) is 4.79 Å². The van der Waals surface area contributed by atoms with Crippen LogP contribution in [0.5, 0.6) is 5.75 Å². The Balaban J connectivity index is 1.89. The second-order valence-electron chi connectivity index (χ2n) is 5.84. The summed E-state index contributed by atoms with van der Waals surface area (Å²) in [5.74, 6) is 0.883. The van der Waals surface area contributed by atoms with Gasteiger partial charge in [0.15, 0.2) is 0 Å². The Morgan fingerprint density at radius 1 is 1.47 bits per heavy atom. The zero-order valence-corrected chi connectivity index (χ0v) is 11.3. The van der Waals surface area contributed by atoms with Crippen molar-refractivity contribution < 1.29 is 14.6 Å². The van der Waals surface area contributed by atoms with Crippen molar-refractivity contribution in [2.75, 3.05) is 13.2 Å². The summed E-state index contributed by atoms with van der Waals surface area (Å²) in [6.45, 7) is 5.14. The molecule has 0 aliphatic carbocycles. The van der Waals surface area contributed by atoms with Crippen molar-refractivity contribution in [2.24, 2.45) is 0 Å². The van der Waals surface area contributed by atoms with E-state index in [1.807, 2.05) is 32.0 Å². The number of aliphatic hydroxyl groups excluding tert-OH is 1. The maximum Gasteiger partial charge on any atom is 0.254 e. The van der Waals surface area contributed by atoms with Crippen LogP contribution in [0, 0.1) is 0 Å². The van der Waals surface area contributed by atoms with Gasteiger partial charge in [0.1, 0.15) is 5.75 Å². The summed E-state index contributed by atoms with van der Waals surface area (Å²) in [5, 5.41) is 9.96. The molecule has 2 aliphatic heterocycles. The number of carbonyl (C=O) groups is 1. The van der Waals surface area contributed by atoms with Gasteiger partial charge in [0.2, 0.25) is 0 Å². The van der Waals surface area contributed by atoms with E-state index in [0.29, 0.717) is 25.1 Å². The summed E-state index contributed by atoms with van der Waals surface area (Å²) in [6.07, 6.45) is 1.06. The second kappa shape index (κ2) is 4.23. The predicted octanol–water partition coefficient (Wildman–Crippen LogP) is 1.61. The fraction of sp³-hybridized carbons (Fsp3) is 0.533. The molecule has 19 heavy (non-hydrogen) atoms. The lowest BCUT2D eigenvalue weighted by atomic mass is 9.98. The second-order valence-corrected chi connectivity index (χ2v) is 5.84. The van der Waals surface area contributed by atoms with Crippen molar-refractivity contribution in [3.8, 4) is 5.75 Å². The highest BCUT2D eigenvalue weighted by atomic mass is 16.5. The summed E-state index contributed by atoms with van der Waals surface area (Å²) in [7, 11) is 0. The molecule has 4 heteroatoms. The molecule has 102 valence electrons. The van der Waals surface area contributed by atoms with Crippen molar-refractivity contribution >= 4 is 5.91 Å². The predicted molar refractivity (Wildman–Crippen MR) is 71.4 cm³/mol. The molecule has 3 rings (SSSR count). The number of hydrogen-bond donors (Lipinski definition) is 1. The Hall–Kier alpha value is -1.55. The van der Waals surface area contributed by atoms with Crippen molar-refractivity contribution in [3.05, 3.63) is 29.3 Å². The number of benzene rings is 1. The maximum absolute atomic E-state index is 12.6. The molecule has 1 aromatic rings. The number of likely N-dealkylation sites (tertiary alicyclic amines) is 1. The smallest absolute Gasteiger partial charge is 0.254 e. The third kappa shape index (κ3) is 1.91. The van der Waals surface area contributed by atoms with Gasteiger partial charge in [-0.2, -0.15) is 0 Å². The van der Waals surface area contributed by atoms with E-state index in [-0.39, 0.29) is 5.91 Å².